The fraction of sp³-hybridized carbons (Fsp3) is 0.208. The van der Waals surface area contributed by atoms with E-state index in [1.165, 1.54) is 0 Å². The van der Waals surface area contributed by atoms with Gasteiger partial charge in [-0.3, -0.25) is 4.79 Å². The molecule has 0 saturated carbocycles. The predicted octanol–water partition coefficient (Wildman–Crippen LogP) is 5.55. The topological polar surface area (TPSA) is 38.3 Å². The highest BCUT2D eigenvalue weighted by molar-refractivity contribution is 5.95. The molecule has 0 aliphatic rings. The summed E-state index contributed by atoms with van der Waals surface area (Å²) in [7, 11) is 1.67. The number of carbonyl (C=O) groups is 1. The molecule has 27 heavy (non-hydrogen) atoms. The number of aryl methyl sites for hydroxylation is 1. The van der Waals surface area contributed by atoms with Crippen molar-refractivity contribution in [3.05, 3.63) is 89.5 Å². The Morgan fingerprint density at radius 1 is 0.963 bits per heavy atom. The number of methoxy groups -OCH3 is 1. The normalized spacial score (nSPS) is 11.7. The number of hydrogen-bond acceptors (Lipinski definition) is 2. The summed E-state index contributed by atoms with van der Waals surface area (Å²) in [6.07, 6.45) is 0.819. The van der Waals surface area contributed by atoms with Gasteiger partial charge in [0.05, 0.1) is 13.2 Å². The number of benzene rings is 3. The van der Waals surface area contributed by atoms with Crippen LogP contribution >= 0.6 is 0 Å². The molecule has 0 aliphatic carbocycles. The molecule has 0 bridgehead atoms. The van der Waals surface area contributed by atoms with E-state index in [2.05, 4.69) is 30.4 Å². The van der Waals surface area contributed by atoms with E-state index in [0.717, 1.165) is 34.4 Å². The van der Waals surface area contributed by atoms with Crippen molar-refractivity contribution >= 4 is 5.91 Å². The van der Waals surface area contributed by atoms with Crippen LogP contribution in [0.1, 0.15) is 40.9 Å². The highest BCUT2D eigenvalue weighted by atomic mass is 16.5. The van der Waals surface area contributed by atoms with E-state index >= 15 is 0 Å². The second-order valence-corrected chi connectivity index (χ2v) is 6.61. The van der Waals surface area contributed by atoms with Gasteiger partial charge in [0, 0.05) is 5.56 Å². The van der Waals surface area contributed by atoms with E-state index < -0.39 is 0 Å². The monoisotopic (exact) mass is 359 g/mol. The smallest absolute Gasteiger partial charge is 0.251 e. The summed E-state index contributed by atoms with van der Waals surface area (Å²) in [5, 5.41) is 3.14. The van der Waals surface area contributed by atoms with Crippen LogP contribution in [0.2, 0.25) is 0 Å². The van der Waals surface area contributed by atoms with Crippen molar-refractivity contribution in [3.63, 3.8) is 0 Å². The summed E-state index contributed by atoms with van der Waals surface area (Å²) in [6, 6.07) is 23.9. The zero-order valence-electron chi connectivity index (χ0n) is 16.0. The first-order valence-electron chi connectivity index (χ1n) is 9.23. The second kappa shape index (κ2) is 8.54. The molecule has 1 atom stereocenters. The van der Waals surface area contributed by atoms with E-state index in [-0.39, 0.29) is 11.9 Å². The first-order valence-corrected chi connectivity index (χ1v) is 9.23. The summed E-state index contributed by atoms with van der Waals surface area (Å²) < 4.78 is 5.32. The van der Waals surface area contributed by atoms with Gasteiger partial charge in [0.25, 0.3) is 5.91 Å². The van der Waals surface area contributed by atoms with Gasteiger partial charge in [-0.25, -0.2) is 0 Å². The zero-order chi connectivity index (χ0) is 19.2. The van der Waals surface area contributed by atoms with Crippen molar-refractivity contribution in [2.45, 2.75) is 26.3 Å². The first-order chi connectivity index (χ1) is 13.1. The first kappa shape index (κ1) is 18.7. The van der Waals surface area contributed by atoms with Crippen molar-refractivity contribution in [2.75, 3.05) is 7.11 Å². The molecule has 3 aromatic carbocycles. The third kappa shape index (κ3) is 4.37. The van der Waals surface area contributed by atoms with Crippen molar-refractivity contribution in [2.24, 2.45) is 0 Å². The molecular weight excluding hydrogens is 334 g/mol. The molecule has 1 N–H and O–H groups in total. The predicted molar refractivity (Wildman–Crippen MR) is 110 cm³/mol. The van der Waals surface area contributed by atoms with Crippen LogP contribution in [0.3, 0.4) is 0 Å². The van der Waals surface area contributed by atoms with Crippen LogP contribution in [0.15, 0.2) is 72.8 Å². The second-order valence-electron chi connectivity index (χ2n) is 6.61. The molecule has 1 amide bonds. The third-order valence-electron chi connectivity index (χ3n) is 4.79. The molecule has 3 aromatic rings. The molecule has 0 spiro atoms. The van der Waals surface area contributed by atoms with Crippen LogP contribution in [0.25, 0.3) is 11.1 Å². The van der Waals surface area contributed by atoms with Crippen LogP contribution < -0.4 is 10.1 Å². The van der Waals surface area contributed by atoms with Crippen molar-refractivity contribution < 1.29 is 9.53 Å². The maximum Gasteiger partial charge on any atom is 0.251 e. The van der Waals surface area contributed by atoms with Gasteiger partial charge in [-0.05, 0) is 53.8 Å². The van der Waals surface area contributed by atoms with Crippen LogP contribution in [0.4, 0.5) is 0 Å². The summed E-state index contributed by atoms with van der Waals surface area (Å²) in [5.41, 5.74) is 5.06. The molecule has 138 valence electrons. The maximum absolute atomic E-state index is 12.7. The number of rotatable bonds is 6. The molecule has 0 aliphatic heterocycles. The minimum Gasteiger partial charge on any atom is -0.496 e. The van der Waals surface area contributed by atoms with Gasteiger partial charge < -0.3 is 10.1 Å². The minimum atomic E-state index is -0.0602. The lowest BCUT2D eigenvalue weighted by Crippen LogP contribution is -2.28. The molecule has 0 fully saturated rings. The zero-order valence-corrected chi connectivity index (χ0v) is 16.0. The maximum atomic E-state index is 12.7. The van der Waals surface area contributed by atoms with Crippen LogP contribution in [0.5, 0.6) is 5.75 Å². The highest BCUT2D eigenvalue weighted by Crippen LogP contribution is 2.25. The van der Waals surface area contributed by atoms with Gasteiger partial charge in [0.15, 0.2) is 0 Å². The van der Waals surface area contributed by atoms with Crippen molar-refractivity contribution in [1.82, 2.24) is 5.32 Å². The quantitative estimate of drug-likeness (QED) is 0.626. The van der Waals surface area contributed by atoms with Gasteiger partial charge >= 0.3 is 0 Å². The summed E-state index contributed by atoms with van der Waals surface area (Å²) in [5.74, 6) is 0.798. The third-order valence-corrected chi connectivity index (χ3v) is 4.79. The number of ether oxygens (including phenoxy) is 1. The van der Waals surface area contributed by atoms with Gasteiger partial charge in [-0.1, -0.05) is 61.5 Å². The molecule has 0 radical (unpaired) electrons. The van der Waals surface area contributed by atoms with E-state index in [1.807, 2.05) is 61.5 Å². The molecule has 3 rings (SSSR count). The Labute approximate surface area is 161 Å². The van der Waals surface area contributed by atoms with Gasteiger partial charge in [-0.2, -0.15) is 0 Å². The van der Waals surface area contributed by atoms with Crippen LogP contribution in [0, 0.1) is 6.92 Å². The van der Waals surface area contributed by atoms with Crippen LogP contribution in [-0.2, 0) is 0 Å². The Morgan fingerprint density at radius 2 is 1.63 bits per heavy atom. The fourth-order valence-electron chi connectivity index (χ4n) is 3.23. The number of amides is 1. The Kier molecular flexibility index (Phi) is 5.92. The molecule has 3 nitrogen and oxygen atoms in total. The number of carbonyl (C=O) groups excluding carboxylic acids is 1. The van der Waals surface area contributed by atoms with Crippen molar-refractivity contribution in [1.29, 1.82) is 0 Å². The lowest BCUT2D eigenvalue weighted by molar-refractivity contribution is 0.0935. The van der Waals surface area contributed by atoms with Crippen molar-refractivity contribution in [3.8, 4) is 16.9 Å². The Morgan fingerprint density at radius 3 is 2.22 bits per heavy atom. The Hall–Kier alpha value is -3.07. The van der Waals surface area contributed by atoms with E-state index in [0.29, 0.717) is 5.56 Å². The van der Waals surface area contributed by atoms with Crippen LogP contribution in [-0.4, -0.2) is 13.0 Å². The minimum absolute atomic E-state index is 0.0316. The molecule has 3 heteroatoms. The summed E-state index contributed by atoms with van der Waals surface area (Å²) in [4.78, 5) is 12.7. The summed E-state index contributed by atoms with van der Waals surface area (Å²) in [6.45, 7) is 4.09. The Balaban J connectivity index is 1.74. The lowest BCUT2D eigenvalue weighted by Gasteiger charge is -2.19. The molecule has 0 saturated heterocycles. The number of nitrogens with one attached hydrogen (secondary N) is 1. The fourth-order valence-corrected chi connectivity index (χ4v) is 3.23. The van der Waals surface area contributed by atoms with E-state index in [9.17, 15) is 4.79 Å². The molecular formula is C24H25NO2. The Bertz CT molecular complexity index is 901. The average Bonchev–Trinajstić information content (AvgIpc) is 2.72. The highest BCUT2D eigenvalue weighted by Gasteiger charge is 2.15. The number of hydrogen-bond donors (Lipinski definition) is 1. The molecule has 0 aromatic heterocycles. The molecule has 0 heterocycles. The van der Waals surface area contributed by atoms with E-state index in [1.54, 1.807) is 7.11 Å². The largest absolute Gasteiger partial charge is 0.496 e. The average molecular weight is 359 g/mol. The van der Waals surface area contributed by atoms with Gasteiger partial charge in [-0.15, -0.1) is 0 Å². The summed E-state index contributed by atoms with van der Waals surface area (Å²) >= 11 is 0. The van der Waals surface area contributed by atoms with Gasteiger partial charge in [0.1, 0.15) is 5.75 Å². The van der Waals surface area contributed by atoms with E-state index in [4.69, 9.17) is 4.74 Å². The lowest BCUT2D eigenvalue weighted by atomic mass is 10.0. The standard InChI is InChI=1S/C24H25NO2/c1-4-22(21-14-15-23(27-3)17(2)16-21)25-24(26)20-12-10-19(11-13-20)18-8-6-5-7-9-18/h5-16,22H,4H2,1-3H3,(H,25,26)/t22-/m1/s1. The molecule has 0 unspecified atom stereocenters. The van der Waals surface area contributed by atoms with Gasteiger partial charge in [0.2, 0.25) is 0 Å². The SMILES string of the molecule is CC[C@@H](NC(=O)c1ccc(-c2ccccc2)cc1)c1ccc(OC)c(C)c1.